The molecule has 5 rings (SSSR count). The van der Waals surface area contributed by atoms with Gasteiger partial charge in [-0.15, -0.1) is 21.5 Å². The number of thiophene rings is 1. The predicted molar refractivity (Wildman–Crippen MR) is 126 cm³/mol. The van der Waals surface area contributed by atoms with E-state index in [4.69, 9.17) is 9.72 Å². The molecule has 30 heavy (non-hydrogen) atoms. The Hall–Kier alpha value is -1.61. The fourth-order valence-corrected chi connectivity index (χ4v) is 6.58. The fourth-order valence-electron chi connectivity index (χ4n) is 3.89. The molecule has 1 aliphatic rings. The molecule has 1 aromatic carbocycles. The van der Waals surface area contributed by atoms with E-state index >= 15 is 0 Å². The van der Waals surface area contributed by atoms with Crippen LogP contribution in [0.15, 0.2) is 40.6 Å². The number of ether oxygens (including phenoxy) is 1. The van der Waals surface area contributed by atoms with Gasteiger partial charge in [-0.2, -0.15) is 0 Å². The average Bonchev–Trinajstić information content (AvgIpc) is 3.34. The lowest BCUT2D eigenvalue weighted by atomic mass is 9.96. The second-order valence-corrected chi connectivity index (χ2v) is 10.7. The van der Waals surface area contributed by atoms with Gasteiger partial charge in [-0.1, -0.05) is 67.7 Å². The molecule has 0 fully saturated rings. The summed E-state index contributed by atoms with van der Waals surface area (Å²) in [6.07, 6.45) is 4.24. The molecule has 0 saturated carbocycles. The van der Waals surface area contributed by atoms with Crippen molar-refractivity contribution in [3.05, 3.63) is 46.3 Å². The van der Waals surface area contributed by atoms with Crippen LogP contribution in [0.2, 0.25) is 0 Å². The lowest BCUT2D eigenvalue weighted by Gasteiger charge is -2.26. The first-order valence-corrected chi connectivity index (χ1v) is 13.2. The van der Waals surface area contributed by atoms with Crippen molar-refractivity contribution >= 4 is 50.7 Å². The number of aryl methyl sites for hydroxylation is 1. The van der Waals surface area contributed by atoms with E-state index in [0.29, 0.717) is 12.5 Å². The van der Waals surface area contributed by atoms with Gasteiger partial charge in [-0.25, -0.2) is 9.38 Å². The van der Waals surface area contributed by atoms with Crippen LogP contribution in [-0.4, -0.2) is 37.7 Å². The van der Waals surface area contributed by atoms with E-state index in [2.05, 4.69) is 65.0 Å². The third-order valence-electron chi connectivity index (χ3n) is 5.54. The largest absolute Gasteiger partial charge is 0.372 e. The van der Waals surface area contributed by atoms with Gasteiger partial charge >= 0.3 is 0 Å². The lowest BCUT2D eigenvalue weighted by Crippen LogP contribution is -2.26. The summed E-state index contributed by atoms with van der Waals surface area (Å²) in [4.78, 5) is 7.33. The summed E-state index contributed by atoms with van der Waals surface area (Å²) in [6.45, 7) is 5.12. The van der Waals surface area contributed by atoms with E-state index in [1.54, 1.807) is 34.9 Å². The van der Waals surface area contributed by atoms with Crippen molar-refractivity contribution in [1.82, 2.24) is 19.6 Å². The van der Waals surface area contributed by atoms with Gasteiger partial charge in [-0.05, 0) is 29.7 Å². The number of fused-ring (bicyclic) bond motifs is 5. The molecular formula is C22H24N4OS3. The minimum absolute atomic E-state index is 0.248. The van der Waals surface area contributed by atoms with Crippen molar-refractivity contribution in [1.29, 1.82) is 0 Å². The van der Waals surface area contributed by atoms with E-state index in [0.717, 1.165) is 39.4 Å². The van der Waals surface area contributed by atoms with E-state index in [1.165, 1.54) is 21.4 Å². The molecule has 0 spiro atoms. The van der Waals surface area contributed by atoms with Gasteiger partial charge in [0.2, 0.25) is 0 Å². The molecule has 0 saturated heterocycles. The van der Waals surface area contributed by atoms with Crippen molar-refractivity contribution in [3.8, 4) is 0 Å². The Morgan fingerprint density at radius 1 is 1.20 bits per heavy atom. The summed E-state index contributed by atoms with van der Waals surface area (Å²) >= 11 is 5.14. The summed E-state index contributed by atoms with van der Waals surface area (Å²) < 4.78 is 8.24. The van der Waals surface area contributed by atoms with Gasteiger partial charge in [-0.3, -0.25) is 0 Å². The van der Waals surface area contributed by atoms with Crippen molar-refractivity contribution in [2.24, 2.45) is 5.92 Å². The Kier molecular flexibility index (Phi) is 5.75. The normalized spacial score (nSPS) is 16.6. The number of aromatic nitrogens is 4. The van der Waals surface area contributed by atoms with E-state index in [1.807, 2.05) is 0 Å². The molecule has 1 unspecified atom stereocenters. The Morgan fingerprint density at radius 3 is 2.80 bits per heavy atom. The maximum atomic E-state index is 6.09. The molecule has 1 atom stereocenters. The summed E-state index contributed by atoms with van der Waals surface area (Å²) in [7, 11) is 0. The van der Waals surface area contributed by atoms with E-state index < -0.39 is 0 Å². The van der Waals surface area contributed by atoms with Crippen LogP contribution in [0.1, 0.15) is 29.9 Å². The van der Waals surface area contributed by atoms with Gasteiger partial charge in [0.1, 0.15) is 4.83 Å². The minimum atomic E-state index is 0.248. The Labute approximate surface area is 188 Å². The third-order valence-corrected chi connectivity index (χ3v) is 8.21. The zero-order valence-corrected chi connectivity index (χ0v) is 19.7. The van der Waals surface area contributed by atoms with Gasteiger partial charge < -0.3 is 4.74 Å². The van der Waals surface area contributed by atoms with Gasteiger partial charge in [0.15, 0.2) is 16.0 Å². The van der Waals surface area contributed by atoms with Gasteiger partial charge in [0, 0.05) is 17.1 Å². The summed E-state index contributed by atoms with van der Waals surface area (Å²) in [5, 5.41) is 12.2. The Balaban J connectivity index is 1.53. The molecule has 0 bridgehead atoms. The first-order valence-electron chi connectivity index (χ1n) is 10.2. The van der Waals surface area contributed by atoms with Crippen LogP contribution in [0.3, 0.4) is 0 Å². The van der Waals surface area contributed by atoms with Crippen LogP contribution in [0.4, 0.5) is 0 Å². The number of hydrogen-bond donors (Lipinski definition) is 0. The smallest absolute Gasteiger partial charge is 0.197 e. The maximum absolute atomic E-state index is 6.09. The van der Waals surface area contributed by atoms with Crippen molar-refractivity contribution < 1.29 is 4.74 Å². The number of thioether (sulfide) groups is 2. The molecule has 3 aromatic heterocycles. The van der Waals surface area contributed by atoms with Crippen LogP contribution in [0.5, 0.6) is 0 Å². The second kappa shape index (κ2) is 8.49. The first-order chi connectivity index (χ1) is 14.7. The highest BCUT2D eigenvalue weighted by atomic mass is 32.2. The van der Waals surface area contributed by atoms with Crippen molar-refractivity contribution in [2.75, 3.05) is 12.0 Å². The minimum Gasteiger partial charge on any atom is -0.372 e. The number of rotatable bonds is 6. The van der Waals surface area contributed by atoms with Crippen LogP contribution >= 0.6 is 34.9 Å². The zero-order valence-electron chi connectivity index (χ0n) is 17.3. The van der Waals surface area contributed by atoms with Gasteiger partial charge in [0.25, 0.3) is 0 Å². The van der Waals surface area contributed by atoms with E-state index in [-0.39, 0.29) is 6.10 Å². The molecule has 0 N–H and O–H groups in total. The third kappa shape index (κ3) is 3.64. The maximum Gasteiger partial charge on any atom is 0.197 e. The molecule has 4 heterocycles. The van der Waals surface area contributed by atoms with Crippen LogP contribution in [-0.2, 0) is 24.2 Å². The highest BCUT2D eigenvalue weighted by molar-refractivity contribution is 7.99. The molecule has 0 aliphatic carbocycles. The molecule has 0 radical (unpaired) electrons. The first kappa shape index (κ1) is 20.3. The number of nitrogens with zero attached hydrogens (tertiary/aromatic N) is 4. The van der Waals surface area contributed by atoms with Crippen LogP contribution in [0.25, 0.3) is 15.9 Å². The lowest BCUT2D eigenvalue weighted by molar-refractivity contribution is 0.00203. The Bertz CT molecular complexity index is 1190. The zero-order chi connectivity index (χ0) is 20.7. The summed E-state index contributed by atoms with van der Waals surface area (Å²) in [6, 6.07) is 10.6. The van der Waals surface area contributed by atoms with E-state index in [9.17, 15) is 0 Å². The summed E-state index contributed by atoms with van der Waals surface area (Å²) in [5.74, 6) is 1.45. The fraction of sp³-hybridized carbons (Fsp3) is 0.409. The number of benzene rings is 1. The van der Waals surface area contributed by atoms with Crippen molar-refractivity contribution in [3.63, 3.8) is 0 Å². The SMILES string of the molecule is CSc1nc2sc3c(c2c2nnc(SCCc4ccccc4)n12)CC(C(C)C)OC3. The average molecular weight is 457 g/mol. The predicted octanol–water partition coefficient (Wildman–Crippen LogP) is 5.49. The monoisotopic (exact) mass is 456 g/mol. The standard InChI is InChI=1S/C22H24N4OS3/c1-13(2)16-11-15-17(12-27-16)30-20-18(15)19-24-25-22(26(19)21(23-20)28-3)29-10-9-14-7-5-4-6-8-14/h4-8,13,16H,9-12H2,1-3H3. The molecule has 4 aromatic rings. The molecule has 0 amide bonds. The Morgan fingerprint density at radius 2 is 2.03 bits per heavy atom. The summed E-state index contributed by atoms with van der Waals surface area (Å²) in [5.41, 5.74) is 3.64. The van der Waals surface area contributed by atoms with Crippen molar-refractivity contribution in [2.45, 2.75) is 49.7 Å². The topological polar surface area (TPSA) is 52.3 Å². The molecular weight excluding hydrogens is 432 g/mol. The number of hydrogen-bond acceptors (Lipinski definition) is 7. The quantitative estimate of drug-likeness (QED) is 0.282. The molecule has 5 nitrogen and oxygen atoms in total. The highest BCUT2D eigenvalue weighted by Gasteiger charge is 2.28. The van der Waals surface area contributed by atoms with Crippen LogP contribution in [0, 0.1) is 5.92 Å². The highest BCUT2D eigenvalue weighted by Crippen LogP contribution is 2.40. The molecule has 8 heteroatoms. The molecule has 156 valence electrons. The van der Waals surface area contributed by atoms with Crippen LogP contribution < -0.4 is 0 Å². The second-order valence-electron chi connectivity index (χ2n) is 7.81. The van der Waals surface area contributed by atoms with Gasteiger partial charge in [0.05, 0.1) is 18.1 Å². The molecule has 1 aliphatic heterocycles.